The maximum Gasteiger partial charge on any atom is 0.243 e. The van der Waals surface area contributed by atoms with Crippen LogP contribution in [0.2, 0.25) is 0 Å². The molecule has 1 fully saturated rings. The van der Waals surface area contributed by atoms with E-state index in [1.807, 2.05) is 0 Å². The summed E-state index contributed by atoms with van der Waals surface area (Å²) >= 11 is 0. The zero-order valence-corrected chi connectivity index (χ0v) is 19.6. The number of ether oxygens (including phenoxy) is 2. The molecule has 0 saturated carbocycles. The number of rotatable bonds is 7. The van der Waals surface area contributed by atoms with Gasteiger partial charge in [-0.2, -0.15) is 4.31 Å². The standard InChI is InChI=1S/C24H24F2N2O5S/c1-16-12-21(23(29)15-33-24-7-6-18(25)13-22(24)26)17(2)28(16)19-4-3-5-20(14-19)34(30,31)27-8-10-32-11-9-27/h3-7,12-14H,8-11,15H2,1-2H3. The van der Waals surface area contributed by atoms with E-state index in [1.165, 1.54) is 4.31 Å². The number of carbonyl (C=O) groups is 1. The summed E-state index contributed by atoms with van der Waals surface area (Å²) in [6.45, 7) is 4.39. The number of benzene rings is 2. The van der Waals surface area contributed by atoms with Crippen LogP contribution in [0.25, 0.3) is 5.69 Å². The minimum absolute atomic E-state index is 0.155. The highest BCUT2D eigenvalue weighted by Crippen LogP contribution is 2.25. The average molecular weight is 491 g/mol. The summed E-state index contributed by atoms with van der Waals surface area (Å²) in [5.41, 5.74) is 2.26. The van der Waals surface area contributed by atoms with Crippen molar-refractivity contribution in [2.75, 3.05) is 32.9 Å². The number of morpholine rings is 1. The number of nitrogens with zero attached hydrogens (tertiary/aromatic N) is 2. The molecule has 1 aromatic heterocycles. The molecule has 7 nitrogen and oxygen atoms in total. The van der Waals surface area contributed by atoms with Crippen LogP contribution < -0.4 is 4.74 Å². The first-order chi connectivity index (χ1) is 16.2. The molecule has 3 aromatic rings. The summed E-state index contributed by atoms with van der Waals surface area (Å²) in [5.74, 6) is -2.24. The molecule has 1 aliphatic heterocycles. The lowest BCUT2D eigenvalue weighted by atomic mass is 10.1. The molecule has 1 aliphatic rings. The van der Waals surface area contributed by atoms with Crippen LogP contribution in [-0.4, -0.2) is 56.0 Å². The van der Waals surface area contributed by atoms with Crippen molar-refractivity contribution in [3.63, 3.8) is 0 Å². The second kappa shape index (κ2) is 9.65. The molecule has 0 amide bonds. The van der Waals surface area contributed by atoms with Gasteiger partial charge in [0.15, 0.2) is 18.2 Å². The fraction of sp³-hybridized carbons (Fsp3) is 0.292. The Morgan fingerprint density at radius 2 is 1.79 bits per heavy atom. The van der Waals surface area contributed by atoms with E-state index in [4.69, 9.17) is 9.47 Å². The predicted octanol–water partition coefficient (Wildman–Crippen LogP) is 3.65. The minimum Gasteiger partial charge on any atom is -0.482 e. The monoisotopic (exact) mass is 490 g/mol. The third-order valence-electron chi connectivity index (χ3n) is 5.67. The highest BCUT2D eigenvalue weighted by Gasteiger charge is 2.27. The van der Waals surface area contributed by atoms with Gasteiger partial charge in [-0.1, -0.05) is 6.07 Å². The first kappa shape index (κ1) is 24.1. The van der Waals surface area contributed by atoms with Gasteiger partial charge in [0.1, 0.15) is 5.82 Å². The molecular formula is C24H24F2N2O5S. The van der Waals surface area contributed by atoms with E-state index in [0.29, 0.717) is 49.3 Å². The van der Waals surface area contributed by atoms with Crippen LogP contribution in [0.15, 0.2) is 53.4 Å². The Labute approximate surface area is 196 Å². The molecule has 0 aliphatic carbocycles. The fourth-order valence-corrected chi connectivity index (χ4v) is 5.42. The molecule has 0 radical (unpaired) electrons. The fourth-order valence-electron chi connectivity index (χ4n) is 3.97. The number of aryl methyl sites for hydroxylation is 1. The predicted molar refractivity (Wildman–Crippen MR) is 121 cm³/mol. The lowest BCUT2D eigenvalue weighted by Gasteiger charge is -2.26. The van der Waals surface area contributed by atoms with Crippen molar-refractivity contribution < 1.29 is 31.5 Å². The zero-order valence-electron chi connectivity index (χ0n) is 18.8. The number of sulfonamides is 1. The van der Waals surface area contributed by atoms with Crippen LogP contribution in [0.3, 0.4) is 0 Å². The second-order valence-electron chi connectivity index (χ2n) is 7.92. The van der Waals surface area contributed by atoms with Crippen LogP contribution in [0.4, 0.5) is 8.78 Å². The van der Waals surface area contributed by atoms with E-state index < -0.39 is 28.3 Å². The zero-order chi connectivity index (χ0) is 24.5. The van der Waals surface area contributed by atoms with Crippen molar-refractivity contribution in [2.45, 2.75) is 18.7 Å². The summed E-state index contributed by atoms with van der Waals surface area (Å²) in [4.78, 5) is 13.0. The Bertz CT molecular complexity index is 1330. The summed E-state index contributed by atoms with van der Waals surface area (Å²) < 4.78 is 66.7. The number of hydrogen-bond acceptors (Lipinski definition) is 5. The summed E-state index contributed by atoms with van der Waals surface area (Å²) in [7, 11) is -3.68. The lowest BCUT2D eigenvalue weighted by molar-refractivity contribution is 0.0730. The maximum absolute atomic E-state index is 13.8. The van der Waals surface area contributed by atoms with E-state index in [9.17, 15) is 22.0 Å². The molecule has 4 rings (SSSR count). The Morgan fingerprint density at radius 3 is 2.50 bits per heavy atom. The molecule has 0 spiro atoms. The van der Waals surface area contributed by atoms with Gasteiger partial charge in [-0.05, 0) is 50.2 Å². The van der Waals surface area contributed by atoms with Crippen LogP contribution >= 0.6 is 0 Å². The summed E-state index contributed by atoms with van der Waals surface area (Å²) in [5, 5.41) is 0. The van der Waals surface area contributed by atoms with Crippen LogP contribution in [0, 0.1) is 25.5 Å². The van der Waals surface area contributed by atoms with E-state index in [2.05, 4.69) is 0 Å². The molecule has 2 aromatic carbocycles. The largest absolute Gasteiger partial charge is 0.482 e. The minimum atomic E-state index is -3.68. The van der Waals surface area contributed by atoms with E-state index in [1.54, 1.807) is 48.7 Å². The molecular weight excluding hydrogens is 466 g/mol. The van der Waals surface area contributed by atoms with Gasteiger partial charge >= 0.3 is 0 Å². The van der Waals surface area contributed by atoms with E-state index >= 15 is 0 Å². The van der Waals surface area contributed by atoms with Crippen LogP contribution in [0.1, 0.15) is 21.7 Å². The van der Waals surface area contributed by atoms with Gasteiger partial charge in [-0.25, -0.2) is 17.2 Å². The molecule has 10 heteroatoms. The Balaban J connectivity index is 1.59. The van der Waals surface area contributed by atoms with Crippen molar-refractivity contribution in [3.8, 4) is 11.4 Å². The van der Waals surface area contributed by atoms with Crippen molar-refractivity contribution in [2.24, 2.45) is 0 Å². The molecule has 34 heavy (non-hydrogen) atoms. The van der Waals surface area contributed by atoms with Gasteiger partial charge in [-0.15, -0.1) is 0 Å². The first-order valence-corrected chi connectivity index (χ1v) is 12.1. The topological polar surface area (TPSA) is 77.8 Å². The van der Waals surface area contributed by atoms with Gasteiger partial charge in [0, 0.05) is 41.8 Å². The third kappa shape index (κ3) is 4.75. The molecule has 0 unspecified atom stereocenters. The SMILES string of the molecule is Cc1cc(C(=O)COc2ccc(F)cc2F)c(C)n1-c1cccc(S(=O)(=O)N2CCOCC2)c1. The number of ketones is 1. The van der Waals surface area contributed by atoms with Crippen LogP contribution in [-0.2, 0) is 14.8 Å². The Kier molecular flexibility index (Phi) is 6.83. The first-order valence-electron chi connectivity index (χ1n) is 10.7. The quantitative estimate of drug-likeness (QED) is 0.473. The molecule has 2 heterocycles. The third-order valence-corrected chi connectivity index (χ3v) is 7.56. The average Bonchev–Trinajstić information content (AvgIpc) is 3.12. The molecule has 180 valence electrons. The summed E-state index contributed by atoms with van der Waals surface area (Å²) in [6.07, 6.45) is 0. The highest BCUT2D eigenvalue weighted by molar-refractivity contribution is 7.89. The van der Waals surface area contributed by atoms with E-state index in [-0.39, 0.29) is 16.4 Å². The Hall–Kier alpha value is -3.08. The number of hydrogen-bond donors (Lipinski definition) is 0. The van der Waals surface area contributed by atoms with Gasteiger partial charge in [0.25, 0.3) is 0 Å². The number of halogens is 2. The maximum atomic E-state index is 13.8. The van der Waals surface area contributed by atoms with Crippen LogP contribution in [0.5, 0.6) is 5.75 Å². The normalized spacial score (nSPS) is 14.8. The summed E-state index contributed by atoms with van der Waals surface area (Å²) in [6, 6.07) is 11.1. The number of Topliss-reactive ketones (excluding diaryl/α,β-unsaturated/α-hetero) is 1. The molecule has 0 atom stereocenters. The van der Waals surface area contributed by atoms with Crippen molar-refractivity contribution in [3.05, 3.63) is 77.1 Å². The highest BCUT2D eigenvalue weighted by atomic mass is 32.2. The smallest absolute Gasteiger partial charge is 0.243 e. The molecule has 0 bridgehead atoms. The Morgan fingerprint density at radius 1 is 1.06 bits per heavy atom. The van der Waals surface area contributed by atoms with Crippen molar-refractivity contribution in [1.82, 2.24) is 8.87 Å². The lowest BCUT2D eigenvalue weighted by Crippen LogP contribution is -2.40. The van der Waals surface area contributed by atoms with Gasteiger partial charge in [0.2, 0.25) is 15.8 Å². The second-order valence-corrected chi connectivity index (χ2v) is 9.86. The number of carbonyl (C=O) groups excluding carboxylic acids is 1. The van der Waals surface area contributed by atoms with Crippen molar-refractivity contribution >= 4 is 15.8 Å². The van der Waals surface area contributed by atoms with E-state index in [0.717, 1.165) is 17.8 Å². The van der Waals surface area contributed by atoms with Gasteiger partial charge in [0.05, 0.1) is 18.1 Å². The molecule has 0 N–H and O–H groups in total. The van der Waals surface area contributed by atoms with Crippen molar-refractivity contribution in [1.29, 1.82) is 0 Å². The van der Waals surface area contributed by atoms with Gasteiger partial charge < -0.3 is 14.0 Å². The molecule has 1 saturated heterocycles. The number of aromatic nitrogens is 1. The van der Waals surface area contributed by atoms with Gasteiger partial charge in [-0.3, -0.25) is 4.79 Å².